The Bertz CT molecular complexity index is 424. The van der Waals surface area contributed by atoms with Crippen LogP contribution in [0, 0.1) is 0 Å². The molecule has 0 aliphatic carbocycles. The van der Waals surface area contributed by atoms with Crippen molar-refractivity contribution in [3.63, 3.8) is 0 Å². The molecule has 5 heteroatoms. The molecule has 2 N–H and O–H groups in total. The van der Waals surface area contributed by atoms with Gasteiger partial charge in [-0.25, -0.2) is 9.07 Å². The lowest BCUT2D eigenvalue weighted by Crippen LogP contribution is -2.24. The topological polar surface area (TPSA) is 56.7 Å². The molecule has 4 nitrogen and oxygen atoms in total. The van der Waals surface area contributed by atoms with Gasteiger partial charge in [-0.1, -0.05) is 17.3 Å². The fourth-order valence-corrected chi connectivity index (χ4v) is 1.49. The van der Waals surface area contributed by atoms with E-state index in [0.717, 1.165) is 11.3 Å². The zero-order valence-corrected chi connectivity index (χ0v) is 8.75. The third kappa shape index (κ3) is 2.43. The number of halogens is 1. The zero-order chi connectivity index (χ0) is 11.4. The van der Waals surface area contributed by atoms with Crippen LogP contribution in [-0.4, -0.2) is 27.7 Å². The molecule has 0 amide bonds. The van der Waals surface area contributed by atoms with Gasteiger partial charge in [-0.15, -0.1) is 5.10 Å². The quantitative estimate of drug-likeness (QED) is 0.839. The highest BCUT2D eigenvalue weighted by Crippen LogP contribution is 2.09. The normalized spacial score (nSPS) is 12.6. The maximum atomic E-state index is 12.2. The van der Waals surface area contributed by atoms with E-state index in [0.29, 0.717) is 6.42 Å². The van der Waals surface area contributed by atoms with E-state index >= 15 is 0 Å². The number of benzene rings is 1. The fourth-order valence-electron chi connectivity index (χ4n) is 1.49. The van der Waals surface area contributed by atoms with E-state index in [-0.39, 0.29) is 0 Å². The molecule has 1 aromatic heterocycles. The van der Waals surface area contributed by atoms with Gasteiger partial charge in [0.15, 0.2) is 0 Å². The van der Waals surface area contributed by atoms with E-state index < -0.39 is 12.7 Å². The van der Waals surface area contributed by atoms with Crippen LogP contribution >= 0.6 is 0 Å². The van der Waals surface area contributed by atoms with Crippen molar-refractivity contribution in [1.29, 1.82) is 0 Å². The van der Waals surface area contributed by atoms with Crippen molar-refractivity contribution in [3.8, 4) is 5.69 Å². The second-order valence-corrected chi connectivity index (χ2v) is 3.63. The molecule has 1 heterocycles. The summed E-state index contributed by atoms with van der Waals surface area (Å²) >= 11 is 0. The molecule has 0 aliphatic rings. The first-order chi connectivity index (χ1) is 7.79. The van der Waals surface area contributed by atoms with Crippen LogP contribution in [0.15, 0.2) is 36.7 Å². The predicted molar refractivity (Wildman–Crippen MR) is 59.0 cm³/mol. The average molecular weight is 220 g/mol. The Balaban J connectivity index is 2.11. The van der Waals surface area contributed by atoms with Crippen LogP contribution in [-0.2, 0) is 6.42 Å². The Hall–Kier alpha value is -1.75. The van der Waals surface area contributed by atoms with Crippen LogP contribution in [0.25, 0.3) is 5.69 Å². The van der Waals surface area contributed by atoms with Crippen molar-refractivity contribution < 1.29 is 4.39 Å². The number of nitrogens with two attached hydrogens (primary N) is 1. The van der Waals surface area contributed by atoms with Crippen molar-refractivity contribution in [2.24, 2.45) is 5.73 Å². The van der Waals surface area contributed by atoms with Crippen LogP contribution in [0.5, 0.6) is 0 Å². The molecule has 0 unspecified atom stereocenters. The Morgan fingerprint density at radius 3 is 2.62 bits per heavy atom. The summed E-state index contributed by atoms with van der Waals surface area (Å²) in [6.45, 7) is -0.495. The number of aromatic nitrogens is 3. The Morgan fingerprint density at radius 2 is 2.06 bits per heavy atom. The van der Waals surface area contributed by atoms with Crippen LogP contribution in [0.4, 0.5) is 4.39 Å². The average Bonchev–Trinajstić information content (AvgIpc) is 2.83. The Labute approximate surface area is 92.9 Å². The number of hydrogen-bond acceptors (Lipinski definition) is 3. The summed E-state index contributed by atoms with van der Waals surface area (Å²) in [4.78, 5) is 0. The van der Waals surface area contributed by atoms with Crippen molar-refractivity contribution in [2.45, 2.75) is 12.5 Å². The monoisotopic (exact) mass is 220 g/mol. The number of hydrogen-bond donors (Lipinski definition) is 1. The molecule has 0 fully saturated rings. The van der Waals surface area contributed by atoms with Crippen LogP contribution in [0.2, 0.25) is 0 Å². The van der Waals surface area contributed by atoms with E-state index in [2.05, 4.69) is 10.3 Å². The summed E-state index contributed by atoms with van der Waals surface area (Å²) in [6, 6.07) is 7.25. The second-order valence-electron chi connectivity index (χ2n) is 3.63. The van der Waals surface area contributed by atoms with Gasteiger partial charge in [0.1, 0.15) is 6.67 Å². The first-order valence-electron chi connectivity index (χ1n) is 5.07. The SMILES string of the molecule is N[C@H](CF)Cc1ccc(-n2ccnn2)cc1. The van der Waals surface area contributed by atoms with Gasteiger partial charge in [0.25, 0.3) is 0 Å². The Kier molecular flexibility index (Phi) is 3.26. The van der Waals surface area contributed by atoms with Gasteiger partial charge in [0, 0.05) is 6.04 Å². The Morgan fingerprint density at radius 1 is 1.31 bits per heavy atom. The highest BCUT2D eigenvalue weighted by atomic mass is 19.1. The maximum Gasteiger partial charge on any atom is 0.105 e. The first-order valence-corrected chi connectivity index (χ1v) is 5.07. The second kappa shape index (κ2) is 4.85. The van der Waals surface area contributed by atoms with E-state index in [9.17, 15) is 4.39 Å². The van der Waals surface area contributed by atoms with Crippen molar-refractivity contribution in [1.82, 2.24) is 15.0 Å². The number of alkyl halides is 1. The van der Waals surface area contributed by atoms with Gasteiger partial charge in [0.05, 0.1) is 18.1 Å². The number of nitrogens with zero attached hydrogens (tertiary/aromatic N) is 3. The standard InChI is InChI=1S/C11H13FN4/c12-8-10(13)7-9-1-3-11(4-2-9)16-6-5-14-15-16/h1-6,10H,7-8,13H2/t10-/m0/s1. The van der Waals surface area contributed by atoms with Gasteiger partial charge in [0.2, 0.25) is 0 Å². The van der Waals surface area contributed by atoms with E-state index in [1.807, 2.05) is 24.3 Å². The molecule has 0 radical (unpaired) electrons. The van der Waals surface area contributed by atoms with Crippen molar-refractivity contribution in [3.05, 3.63) is 42.2 Å². The molecular formula is C11H13FN4. The van der Waals surface area contributed by atoms with E-state index in [1.165, 1.54) is 0 Å². The summed E-state index contributed by atoms with van der Waals surface area (Å²) in [5.74, 6) is 0. The first kappa shape index (κ1) is 10.8. The molecule has 1 atom stereocenters. The molecular weight excluding hydrogens is 207 g/mol. The van der Waals surface area contributed by atoms with Crippen LogP contribution in [0.1, 0.15) is 5.56 Å². The lowest BCUT2D eigenvalue weighted by atomic mass is 10.1. The molecule has 1 aromatic carbocycles. The van der Waals surface area contributed by atoms with Crippen LogP contribution in [0.3, 0.4) is 0 Å². The van der Waals surface area contributed by atoms with Gasteiger partial charge in [-0.3, -0.25) is 0 Å². The van der Waals surface area contributed by atoms with E-state index in [4.69, 9.17) is 5.73 Å². The zero-order valence-electron chi connectivity index (χ0n) is 8.75. The summed E-state index contributed by atoms with van der Waals surface area (Å²) in [6.07, 6.45) is 3.93. The predicted octanol–water partition coefficient (Wildman–Crippen LogP) is 1.11. The summed E-state index contributed by atoms with van der Waals surface area (Å²) in [5.41, 5.74) is 7.48. The smallest absolute Gasteiger partial charge is 0.105 e. The highest BCUT2D eigenvalue weighted by molar-refractivity contribution is 5.33. The minimum atomic E-state index is -0.495. The van der Waals surface area contributed by atoms with Crippen molar-refractivity contribution in [2.75, 3.05) is 6.67 Å². The van der Waals surface area contributed by atoms with Gasteiger partial charge in [-0.2, -0.15) is 0 Å². The maximum absolute atomic E-state index is 12.2. The lowest BCUT2D eigenvalue weighted by molar-refractivity contribution is 0.427. The summed E-state index contributed by atoms with van der Waals surface area (Å²) < 4.78 is 13.9. The third-order valence-electron chi connectivity index (χ3n) is 2.32. The van der Waals surface area contributed by atoms with Gasteiger partial charge < -0.3 is 5.73 Å². The van der Waals surface area contributed by atoms with Gasteiger partial charge >= 0.3 is 0 Å². The molecule has 0 spiro atoms. The molecule has 0 aliphatic heterocycles. The van der Waals surface area contributed by atoms with Gasteiger partial charge in [-0.05, 0) is 24.1 Å². The summed E-state index contributed by atoms with van der Waals surface area (Å²) in [7, 11) is 0. The summed E-state index contributed by atoms with van der Waals surface area (Å²) in [5, 5.41) is 7.60. The molecule has 84 valence electrons. The largest absolute Gasteiger partial charge is 0.325 e. The molecule has 2 aromatic rings. The minimum absolute atomic E-state index is 0.419. The van der Waals surface area contributed by atoms with Crippen LogP contribution < -0.4 is 5.73 Å². The molecule has 0 saturated carbocycles. The minimum Gasteiger partial charge on any atom is -0.325 e. The lowest BCUT2D eigenvalue weighted by Gasteiger charge is -2.07. The third-order valence-corrected chi connectivity index (χ3v) is 2.32. The highest BCUT2D eigenvalue weighted by Gasteiger charge is 2.03. The molecule has 0 bridgehead atoms. The number of rotatable bonds is 4. The van der Waals surface area contributed by atoms with E-state index in [1.54, 1.807) is 17.1 Å². The van der Waals surface area contributed by atoms with Crippen molar-refractivity contribution >= 4 is 0 Å². The fraction of sp³-hybridized carbons (Fsp3) is 0.273. The molecule has 0 saturated heterocycles. The molecule has 16 heavy (non-hydrogen) atoms. The molecule has 2 rings (SSSR count).